The maximum Gasteiger partial charge on any atom is 0.197 e. The van der Waals surface area contributed by atoms with Gasteiger partial charge < -0.3 is 34.7 Å². The van der Waals surface area contributed by atoms with Crippen LogP contribution in [0.4, 0.5) is 0 Å². The SMILES string of the molecule is CC1OC(c2c(O)cc3oc(-c4ccccc4)cc(=O)c3c2O)C(O)C(O)C1O. The molecule has 5 atom stereocenters. The van der Waals surface area contributed by atoms with Gasteiger partial charge in [0.2, 0.25) is 0 Å². The fourth-order valence-corrected chi connectivity index (χ4v) is 3.62. The van der Waals surface area contributed by atoms with E-state index in [0.717, 1.165) is 6.07 Å². The highest BCUT2D eigenvalue weighted by atomic mass is 16.5. The quantitative estimate of drug-likeness (QED) is 0.435. The summed E-state index contributed by atoms with van der Waals surface area (Å²) < 4.78 is 11.2. The largest absolute Gasteiger partial charge is 0.507 e. The minimum absolute atomic E-state index is 0.0472. The Labute approximate surface area is 164 Å². The van der Waals surface area contributed by atoms with E-state index in [4.69, 9.17) is 9.15 Å². The first-order valence-electron chi connectivity index (χ1n) is 9.07. The van der Waals surface area contributed by atoms with Crippen LogP contribution < -0.4 is 5.43 Å². The second-order valence-electron chi connectivity index (χ2n) is 7.11. The summed E-state index contributed by atoms with van der Waals surface area (Å²) in [5.41, 5.74) is -0.217. The Morgan fingerprint density at radius 2 is 1.62 bits per heavy atom. The van der Waals surface area contributed by atoms with Crippen molar-refractivity contribution >= 4 is 11.0 Å². The van der Waals surface area contributed by atoms with Gasteiger partial charge in [-0.2, -0.15) is 0 Å². The van der Waals surface area contributed by atoms with Crippen molar-refractivity contribution in [2.24, 2.45) is 0 Å². The van der Waals surface area contributed by atoms with Crippen molar-refractivity contribution in [2.45, 2.75) is 37.4 Å². The van der Waals surface area contributed by atoms with Gasteiger partial charge in [-0.3, -0.25) is 4.79 Å². The Balaban J connectivity index is 1.88. The summed E-state index contributed by atoms with van der Waals surface area (Å²) in [4.78, 5) is 12.7. The van der Waals surface area contributed by atoms with Crippen molar-refractivity contribution in [1.82, 2.24) is 0 Å². The molecule has 0 radical (unpaired) electrons. The average molecular weight is 400 g/mol. The number of phenolic OH excluding ortho intramolecular Hbond substituents is 2. The first kappa shape index (κ1) is 19.4. The van der Waals surface area contributed by atoms with Crippen molar-refractivity contribution in [3.63, 3.8) is 0 Å². The van der Waals surface area contributed by atoms with Gasteiger partial charge in [-0.25, -0.2) is 0 Å². The predicted molar refractivity (Wildman–Crippen MR) is 103 cm³/mol. The van der Waals surface area contributed by atoms with E-state index in [2.05, 4.69) is 0 Å². The lowest BCUT2D eigenvalue weighted by atomic mass is 9.90. The summed E-state index contributed by atoms with van der Waals surface area (Å²) in [6, 6.07) is 11.2. The number of hydrogen-bond donors (Lipinski definition) is 5. The molecule has 1 aliphatic heterocycles. The van der Waals surface area contributed by atoms with Gasteiger partial charge >= 0.3 is 0 Å². The van der Waals surface area contributed by atoms with Crippen LogP contribution in [0.1, 0.15) is 18.6 Å². The number of aliphatic hydroxyl groups is 3. The van der Waals surface area contributed by atoms with Crippen LogP contribution in [0.5, 0.6) is 11.5 Å². The Morgan fingerprint density at radius 3 is 2.31 bits per heavy atom. The lowest BCUT2D eigenvalue weighted by molar-refractivity contribution is -0.220. The van der Waals surface area contributed by atoms with Crippen molar-refractivity contribution in [3.8, 4) is 22.8 Å². The molecule has 5 N–H and O–H groups in total. The fourth-order valence-electron chi connectivity index (χ4n) is 3.62. The van der Waals surface area contributed by atoms with Crippen LogP contribution in [-0.2, 0) is 4.74 Å². The summed E-state index contributed by atoms with van der Waals surface area (Å²) in [6.07, 6.45) is -6.78. The van der Waals surface area contributed by atoms with Gasteiger partial charge in [0.1, 0.15) is 52.6 Å². The Bertz CT molecular complexity index is 1110. The summed E-state index contributed by atoms with van der Waals surface area (Å²) in [6.45, 7) is 1.47. The summed E-state index contributed by atoms with van der Waals surface area (Å²) >= 11 is 0. The maximum absolute atomic E-state index is 12.7. The third-order valence-electron chi connectivity index (χ3n) is 5.21. The van der Waals surface area contributed by atoms with Gasteiger partial charge in [0.15, 0.2) is 5.43 Å². The van der Waals surface area contributed by atoms with Crippen LogP contribution in [0.2, 0.25) is 0 Å². The number of fused-ring (bicyclic) bond motifs is 1. The molecule has 4 rings (SSSR count). The number of aliphatic hydroxyl groups excluding tert-OH is 3. The van der Waals surface area contributed by atoms with Gasteiger partial charge in [0.25, 0.3) is 0 Å². The molecule has 0 aliphatic carbocycles. The summed E-state index contributed by atoms with van der Waals surface area (Å²) in [7, 11) is 0. The molecule has 0 amide bonds. The highest BCUT2D eigenvalue weighted by Gasteiger charge is 2.44. The Morgan fingerprint density at radius 1 is 0.931 bits per heavy atom. The number of ether oxygens (including phenoxy) is 1. The van der Waals surface area contributed by atoms with Crippen molar-refractivity contribution in [3.05, 3.63) is 58.3 Å². The minimum atomic E-state index is -1.63. The van der Waals surface area contributed by atoms with E-state index in [1.165, 1.54) is 13.0 Å². The van der Waals surface area contributed by atoms with Gasteiger partial charge in [0, 0.05) is 17.7 Å². The normalized spacial score (nSPS) is 27.2. The second kappa shape index (κ2) is 7.16. The van der Waals surface area contributed by atoms with Crippen LogP contribution in [0.3, 0.4) is 0 Å². The van der Waals surface area contributed by atoms with Gasteiger partial charge in [-0.15, -0.1) is 0 Å². The van der Waals surface area contributed by atoms with E-state index in [-0.39, 0.29) is 22.3 Å². The number of benzene rings is 2. The van der Waals surface area contributed by atoms with Crippen molar-refractivity contribution in [1.29, 1.82) is 0 Å². The van der Waals surface area contributed by atoms with E-state index in [1.54, 1.807) is 24.3 Å². The van der Waals surface area contributed by atoms with E-state index in [0.29, 0.717) is 5.56 Å². The monoisotopic (exact) mass is 400 g/mol. The third-order valence-corrected chi connectivity index (χ3v) is 5.21. The number of hydrogen-bond acceptors (Lipinski definition) is 8. The van der Waals surface area contributed by atoms with Crippen LogP contribution in [0, 0.1) is 0 Å². The molecule has 8 heteroatoms. The molecular weight excluding hydrogens is 380 g/mol. The molecule has 1 saturated heterocycles. The Hall–Kier alpha value is -2.91. The van der Waals surface area contributed by atoms with Crippen molar-refractivity contribution < 1.29 is 34.7 Å². The smallest absolute Gasteiger partial charge is 0.197 e. The van der Waals surface area contributed by atoms with Gasteiger partial charge in [0.05, 0.1) is 11.7 Å². The molecule has 5 unspecified atom stereocenters. The topological polar surface area (TPSA) is 141 Å². The third kappa shape index (κ3) is 3.16. The second-order valence-corrected chi connectivity index (χ2v) is 7.11. The molecule has 0 spiro atoms. The van der Waals surface area contributed by atoms with Crippen LogP contribution in [-0.4, -0.2) is 49.9 Å². The molecule has 2 heterocycles. The number of rotatable bonds is 2. The van der Waals surface area contributed by atoms with Gasteiger partial charge in [-0.1, -0.05) is 30.3 Å². The van der Waals surface area contributed by atoms with E-state index >= 15 is 0 Å². The molecule has 152 valence electrons. The Kier molecular flexibility index (Phi) is 4.79. The van der Waals surface area contributed by atoms with Crippen LogP contribution in [0.25, 0.3) is 22.3 Å². The summed E-state index contributed by atoms with van der Waals surface area (Å²) in [5.74, 6) is -0.841. The van der Waals surface area contributed by atoms with E-state index in [1.807, 2.05) is 6.07 Å². The minimum Gasteiger partial charge on any atom is -0.507 e. The summed E-state index contributed by atoms with van der Waals surface area (Å²) in [5, 5.41) is 51.2. The molecule has 0 saturated carbocycles. The predicted octanol–water partition coefficient (Wildman–Crippen LogP) is 1.41. The molecule has 0 bridgehead atoms. The maximum atomic E-state index is 12.7. The molecule has 1 fully saturated rings. The first-order chi connectivity index (χ1) is 13.8. The zero-order chi connectivity index (χ0) is 20.9. The highest BCUT2D eigenvalue weighted by Crippen LogP contribution is 2.44. The zero-order valence-corrected chi connectivity index (χ0v) is 15.4. The van der Waals surface area contributed by atoms with Crippen molar-refractivity contribution in [2.75, 3.05) is 0 Å². The lowest BCUT2D eigenvalue weighted by Crippen LogP contribution is -2.53. The van der Waals surface area contributed by atoms with E-state index in [9.17, 15) is 30.3 Å². The zero-order valence-electron chi connectivity index (χ0n) is 15.4. The fraction of sp³-hybridized carbons (Fsp3) is 0.286. The standard InChI is InChI=1S/C21H20O8/c1-9-17(24)19(26)20(27)21(28-9)16-12(23)8-14-15(18(16)25)11(22)7-13(29-14)10-5-3-2-4-6-10/h2-9,17,19-21,23-27H,1H3. The molecule has 29 heavy (non-hydrogen) atoms. The molecule has 2 aromatic carbocycles. The van der Waals surface area contributed by atoms with Crippen LogP contribution >= 0.6 is 0 Å². The lowest BCUT2D eigenvalue weighted by Gasteiger charge is -2.39. The first-order valence-corrected chi connectivity index (χ1v) is 9.07. The molecular formula is C21H20O8. The average Bonchev–Trinajstić information content (AvgIpc) is 2.70. The molecule has 1 aliphatic rings. The number of aromatic hydroxyl groups is 2. The molecule has 1 aromatic heterocycles. The van der Waals surface area contributed by atoms with Crippen LogP contribution in [0.15, 0.2) is 51.7 Å². The number of phenols is 2. The van der Waals surface area contributed by atoms with E-state index < -0.39 is 47.4 Å². The highest BCUT2D eigenvalue weighted by molar-refractivity contribution is 5.88. The molecule has 3 aromatic rings. The molecule has 8 nitrogen and oxygen atoms in total. The van der Waals surface area contributed by atoms with Gasteiger partial charge in [-0.05, 0) is 6.92 Å².